The monoisotopic (exact) mass is 328 g/mol. The molecule has 1 aromatic carbocycles. The number of cyclic esters (lactones) is 1. The number of carbonyl (C=O) groups is 1. The molecular weight excluding hydrogens is 308 g/mol. The number of nitrogens with one attached hydrogen (secondary N) is 1. The number of rotatable bonds is 6. The molecule has 6 nitrogen and oxygen atoms in total. The van der Waals surface area contributed by atoms with E-state index in [1.165, 1.54) is 0 Å². The summed E-state index contributed by atoms with van der Waals surface area (Å²) in [4.78, 5) is 16.3. The Kier molecular flexibility index (Phi) is 4.29. The Bertz CT molecular complexity index is 741. The van der Waals surface area contributed by atoms with Crippen LogP contribution in [0.4, 0.5) is 5.82 Å². The van der Waals surface area contributed by atoms with Crippen LogP contribution in [0.15, 0.2) is 36.5 Å². The largest absolute Gasteiger partial charge is 0.497 e. The van der Waals surface area contributed by atoms with Crippen LogP contribution in [0.25, 0.3) is 0 Å². The van der Waals surface area contributed by atoms with Crippen molar-refractivity contribution in [2.45, 2.75) is 19.4 Å². The van der Waals surface area contributed by atoms with Crippen molar-refractivity contribution in [3.63, 3.8) is 0 Å². The van der Waals surface area contributed by atoms with Crippen LogP contribution in [-0.2, 0) is 10.3 Å². The van der Waals surface area contributed by atoms with Crippen LogP contribution in [0, 0.1) is 0 Å². The molecule has 0 radical (unpaired) electrons. The van der Waals surface area contributed by atoms with E-state index in [0.717, 1.165) is 17.1 Å². The summed E-state index contributed by atoms with van der Waals surface area (Å²) in [5, 5.41) is 3.14. The number of aromatic nitrogens is 1. The predicted octanol–water partition coefficient (Wildman–Crippen LogP) is 2.99. The zero-order valence-electron chi connectivity index (χ0n) is 14.0. The molecule has 0 atom stereocenters. The average molecular weight is 328 g/mol. The fourth-order valence-electron chi connectivity index (χ4n) is 2.65. The molecular formula is C18H20N2O4. The average Bonchev–Trinajstić information content (AvgIpc) is 2.82. The van der Waals surface area contributed by atoms with Crippen molar-refractivity contribution in [3.05, 3.63) is 47.7 Å². The standard InChI is InChI=1S/C18H20N2O4/c1-18(2)14-8-9-19-16(15(14)17(21)24-18)20-10-11-23-13-6-4-12(22-3)5-7-13/h4-9H,10-11H2,1-3H3,(H,19,20). The summed E-state index contributed by atoms with van der Waals surface area (Å²) in [5.41, 5.74) is 0.735. The lowest BCUT2D eigenvalue weighted by molar-refractivity contribution is 0.00958. The molecule has 126 valence electrons. The lowest BCUT2D eigenvalue weighted by Crippen LogP contribution is -2.16. The van der Waals surface area contributed by atoms with Gasteiger partial charge in [0.2, 0.25) is 0 Å². The molecule has 1 N–H and O–H groups in total. The van der Waals surface area contributed by atoms with Crippen LogP contribution in [0.2, 0.25) is 0 Å². The van der Waals surface area contributed by atoms with Crippen LogP contribution in [-0.4, -0.2) is 31.2 Å². The van der Waals surface area contributed by atoms with Gasteiger partial charge in [0, 0.05) is 11.8 Å². The molecule has 0 spiro atoms. The maximum Gasteiger partial charge on any atom is 0.343 e. The van der Waals surface area contributed by atoms with Crippen molar-refractivity contribution in [1.29, 1.82) is 0 Å². The minimum Gasteiger partial charge on any atom is -0.497 e. The van der Waals surface area contributed by atoms with Gasteiger partial charge in [0.1, 0.15) is 35.1 Å². The molecule has 1 aliphatic heterocycles. The molecule has 0 fully saturated rings. The van der Waals surface area contributed by atoms with Crippen molar-refractivity contribution in [2.75, 3.05) is 25.6 Å². The van der Waals surface area contributed by atoms with Gasteiger partial charge in [-0.3, -0.25) is 0 Å². The Morgan fingerprint density at radius 2 is 1.88 bits per heavy atom. The summed E-state index contributed by atoms with van der Waals surface area (Å²) in [6.45, 7) is 4.69. The zero-order valence-corrected chi connectivity index (χ0v) is 14.0. The Morgan fingerprint density at radius 1 is 1.17 bits per heavy atom. The van der Waals surface area contributed by atoms with Crippen molar-refractivity contribution in [3.8, 4) is 11.5 Å². The molecule has 0 bridgehead atoms. The van der Waals surface area contributed by atoms with E-state index < -0.39 is 5.60 Å². The number of hydrogen-bond donors (Lipinski definition) is 1. The summed E-state index contributed by atoms with van der Waals surface area (Å²) in [6.07, 6.45) is 1.68. The number of benzene rings is 1. The van der Waals surface area contributed by atoms with E-state index >= 15 is 0 Å². The van der Waals surface area contributed by atoms with E-state index in [2.05, 4.69) is 10.3 Å². The fraction of sp³-hybridized carbons (Fsp3) is 0.333. The molecule has 1 aliphatic rings. The molecule has 0 saturated carbocycles. The topological polar surface area (TPSA) is 69.7 Å². The number of pyridine rings is 1. The number of methoxy groups -OCH3 is 1. The number of fused-ring (bicyclic) bond motifs is 1. The third-order valence-electron chi connectivity index (χ3n) is 3.87. The summed E-state index contributed by atoms with van der Waals surface area (Å²) >= 11 is 0. The van der Waals surface area contributed by atoms with E-state index in [1.807, 2.05) is 44.2 Å². The second kappa shape index (κ2) is 6.39. The Balaban J connectivity index is 1.60. The second-order valence-electron chi connectivity index (χ2n) is 5.93. The highest BCUT2D eigenvalue weighted by Gasteiger charge is 2.39. The smallest absolute Gasteiger partial charge is 0.343 e. The van der Waals surface area contributed by atoms with Gasteiger partial charge in [0.15, 0.2) is 0 Å². The maximum absolute atomic E-state index is 12.1. The normalized spacial score (nSPS) is 14.7. The number of anilines is 1. The van der Waals surface area contributed by atoms with Crippen molar-refractivity contribution in [1.82, 2.24) is 4.98 Å². The quantitative estimate of drug-likeness (QED) is 0.649. The summed E-state index contributed by atoms with van der Waals surface area (Å²) < 4.78 is 16.1. The lowest BCUT2D eigenvalue weighted by atomic mass is 9.97. The third-order valence-corrected chi connectivity index (χ3v) is 3.87. The van der Waals surface area contributed by atoms with E-state index in [0.29, 0.717) is 24.5 Å². The number of carbonyl (C=O) groups excluding carboxylic acids is 1. The minimum absolute atomic E-state index is 0.346. The van der Waals surface area contributed by atoms with Crippen LogP contribution >= 0.6 is 0 Å². The molecule has 0 aliphatic carbocycles. The number of hydrogen-bond acceptors (Lipinski definition) is 6. The molecule has 3 rings (SSSR count). The molecule has 1 aromatic heterocycles. The Labute approximate surface area is 140 Å². The first-order valence-corrected chi connectivity index (χ1v) is 7.75. The van der Waals surface area contributed by atoms with Crippen molar-refractivity contribution < 1.29 is 19.0 Å². The fourth-order valence-corrected chi connectivity index (χ4v) is 2.65. The summed E-state index contributed by atoms with van der Waals surface area (Å²) in [6, 6.07) is 9.19. The van der Waals surface area contributed by atoms with Crippen LogP contribution in [0.1, 0.15) is 29.8 Å². The lowest BCUT2D eigenvalue weighted by Gasteiger charge is -2.17. The zero-order chi connectivity index (χ0) is 17.2. The van der Waals surface area contributed by atoms with E-state index in [1.54, 1.807) is 13.3 Å². The van der Waals surface area contributed by atoms with Gasteiger partial charge < -0.3 is 19.5 Å². The molecule has 0 saturated heterocycles. The molecule has 0 unspecified atom stereocenters. The van der Waals surface area contributed by atoms with Gasteiger partial charge in [-0.05, 0) is 44.2 Å². The highest BCUT2D eigenvalue weighted by molar-refractivity contribution is 5.99. The summed E-state index contributed by atoms with van der Waals surface area (Å²) in [7, 11) is 1.62. The Hall–Kier alpha value is -2.76. The van der Waals surface area contributed by atoms with Gasteiger partial charge in [0.25, 0.3) is 0 Å². The third kappa shape index (κ3) is 3.13. The van der Waals surface area contributed by atoms with Crippen molar-refractivity contribution in [2.24, 2.45) is 0 Å². The summed E-state index contributed by atoms with van der Waals surface area (Å²) in [5.74, 6) is 1.72. The van der Waals surface area contributed by atoms with Crippen molar-refractivity contribution >= 4 is 11.8 Å². The Morgan fingerprint density at radius 3 is 2.58 bits per heavy atom. The van der Waals surface area contributed by atoms with Gasteiger partial charge in [-0.2, -0.15) is 0 Å². The number of nitrogens with zero attached hydrogens (tertiary/aromatic N) is 1. The molecule has 0 amide bonds. The SMILES string of the molecule is COc1ccc(OCCNc2nccc3c2C(=O)OC3(C)C)cc1. The van der Waals surface area contributed by atoms with Crippen LogP contribution < -0.4 is 14.8 Å². The first kappa shape index (κ1) is 16.1. The van der Waals surface area contributed by atoms with Gasteiger partial charge in [-0.1, -0.05) is 0 Å². The van der Waals surface area contributed by atoms with Crippen LogP contribution in [0.3, 0.4) is 0 Å². The molecule has 2 aromatic rings. The minimum atomic E-state index is -0.620. The highest BCUT2D eigenvalue weighted by atomic mass is 16.6. The second-order valence-corrected chi connectivity index (χ2v) is 5.93. The molecule has 2 heterocycles. The van der Waals surface area contributed by atoms with E-state index in [9.17, 15) is 4.79 Å². The van der Waals surface area contributed by atoms with Gasteiger partial charge in [-0.15, -0.1) is 0 Å². The molecule has 6 heteroatoms. The number of ether oxygens (including phenoxy) is 3. The predicted molar refractivity (Wildman–Crippen MR) is 89.7 cm³/mol. The first-order chi connectivity index (χ1) is 11.5. The van der Waals surface area contributed by atoms with Gasteiger partial charge in [0.05, 0.1) is 13.7 Å². The highest BCUT2D eigenvalue weighted by Crippen LogP contribution is 2.38. The number of esters is 1. The molecule has 24 heavy (non-hydrogen) atoms. The van der Waals surface area contributed by atoms with E-state index in [-0.39, 0.29) is 5.97 Å². The first-order valence-electron chi connectivity index (χ1n) is 7.75. The van der Waals surface area contributed by atoms with Crippen LogP contribution in [0.5, 0.6) is 11.5 Å². The van der Waals surface area contributed by atoms with Gasteiger partial charge in [-0.25, -0.2) is 9.78 Å². The maximum atomic E-state index is 12.1. The van der Waals surface area contributed by atoms with E-state index in [4.69, 9.17) is 14.2 Å². The van der Waals surface area contributed by atoms with Gasteiger partial charge >= 0.3 is 5.97 Å².